The smallest absolute Gasteiger partial charge is 0.127 e. The lowest BCUT2D eigenvalue weighted by molar-refractivity contribution is 0.398. The lowest BCUT2D eigenvalue weighted by atomic mass is 9.86. The number of hydrogen-bond acceptors (Lipinski definition) is 4. The molecule has 0 unspecified atom stereocenters. The van der Waals surface area contributed by atoms with Crippen molar-refractivity contribution in [3.05, 3.63) is 108 Å². The molecule has 4 nitrogen and oxygen atoms in total. The molecule has 4 rings (SSSR count). The normalized spacial score (nSPS) is 11.6. The quantitative estimate of drug-likeness (QED) is 0.230. The highest BCUT2D eigenvalue weighted by atomic mass is 16.5. The van der Waals surface area contributed by atoms with E-state index in [-0.39, 0.29) is 11.1 Å². The molecule has 2 N–H and O–H groups in total. The summed E-state index contributed by atoms with van der Waals surface area (Å²) in [5.74, 6) is 3.33. The average molecular weight is 495 g/mol. The molecule has 0 heterocycles. The lowest BCUT2D eigenvalue weighted by Gasteiger charge is -2.37. The Hall–Kier alpha value is -3.92. The fraction of sp³-hybridized carbons (Fsp3) is 0.273. The predicted molar refractivity (Wildman–Crippen MR) is 155 cm³/mol. The monoisotopic (exact) mass is 494 g/mol. The van der Waals surface area contributed by atoms with Crippen molar-refractivity contribution in [3.63, 3.8) is 0 Å². The molecule has 0 aliphatic heterocycles. The van der Waals surface area contributed by atoms with E-state index >= 15 is 0 Å². The molecule has 0 atom stereocenters. The van der Waals surface area contributed by atoms with Gasteiger partial charge in [0.05, 0.1) is 0 Å². The van der Waals surface area contributed by atoms with Crippen LogP contribution in [0.25, 0.3) is 0 Å². The minimum Gasteiger partial charge on any atom is -0.457 e. The zero-order valence-corrected chi connectivity index (χ0v) is 22.8. The summed E-state index contributed by atoms with van der Waals surface area (Å²) in [5.41, 5.74) is 4.30. The van der Waals surface area contributed by atoms with Crippen LogP contribution in [-0.2, 0) is 0 Å². The van der Waals surface area contributed by atoms with Crippen molar-refractivity contribution in [1.82, 2.24) is 0 Å². The Labute approximate surface area is 221 Å². The molecular formula is C33H38N2O2. The van der Waals surface area contributed by atoms with Crippen molar-refractivity contribution < 1.29 is 9.47 Å². The minimum absolute atomic E-state index is 0.135. The topological polar surface area (TPSA) is 42.5 Å². The van der Waals surface area contributed by atoms with Gasteiger partial charge in [0, 0.05) is 22.5 Å². The molecule has 0 radical (unpaired) electrons. The Kier molecular flexibility index (Phi) is 7.77. The van der Waals surface area contributed by atoms with E-state index in [1.165, 1.54) is 11.1 Å². The number of rotatable bonds is 10. The molecule has 0 saturated carbocycles. The maximum absolute atomic E-state index is 5.96. The molecule has 4 aromatic rings. The fourth-order valence-corrected chi connectivity index (χ4v) is 4.67. The molecule has 0 saturated heterocycles. The maximum Gasteiger partial charge on any atom is 0.127 e. The molecule has 37 heavy (non-hydrogen) atoms. The second-order valence-corrected chi connectivity index (χ2v) is 11.1. The first-order chi connectivity index (χ1) is 17.6. The van der Waals surface area contributed by atoms with Crippen LogP contribution >= 0.6 is 0 Å². The first kappa shape index (κ1) is 26.2. The van der Waals surface area contributed by atoms with Crippen molar-refractivity contribution in [3.8, 4) is 23.0 Å². The van der Waals surface area contributed by atoms with E-state index in [0.717, 1.165) is 40.8 Å². The van der Waals surface area contributed by atoms with Gasteiger partial charge in [-0.05, 0) is 121 Å². The zero-order chi connectivity index (χ0) is 26.5. The van der Waals surface area contributed by atoms with Crippen molar-refractivity contribution >= 4 is 11.4 Å². The van der Waals surface area contributed by atoms with Gasteiger partial charge in [0.2, 0.25) is 0 Å². The molecule has 0 bridgehead atoms. The highest BCUT2D eigenvalue weighted by Crippen LogP contribution is 2.30. The predicted octanol–water partition coefficient (Wildman–Crippen LogP) is 9.36. The van der Waals surface area contributed by atoms with Gasteiger partial charge in [0.25, 0.3) is 0 Å². The maximum atomic E-state index is 5.96. The van der Waals surface area contributed by atoms with Crippen LogP contribution < -0.4 is 20.1 Å². The first-order valence-corrected chi connectivity index (χ1v) is 12.8. The fourth-order valence-electron chi connectivity index (χ4n) is 4.67. The summed E-state index contributed by atoms with van der Waals surface area (Å²) >= 11 is 0. The van der Waals surface area contributed by atoms with Crippen LogP contribution in [0.4, 0.5) is 11.4 Å². The van der Waals surface area contributed by atoms with E-state index in [1.54, 1.807) is 0 Å². The molecule has 4 heteroatoms. The largest absolute Gasteiger partial charge is 0.457 e. The van der Waals surface area contributed by atoms with Crippen molar-refractivity contribution in [1.29, 1.82) is 0 Å². The first-order valence-electron chi connectivity index (χ1n) is 12.8. The van der Waals surface area contributed by atoms with Crippen molar-refractivity contribution in [2.75, 3.05) is 10.6 Å². The van der Waals surface area contributed by atoms with Crippen molar-refractivity contribution in [2.24, 2.45) is 0 Å². The third-order valence-corrected chi connectivity index (χ3v) is 6.07. The van der Waals surface area contributed by atoms with Crippen LogP contribution in [0.5, 0.6) is 23.0 Å². The SMILES string of the molecule is Cc1ccc(Oc2ccc(NC(C)(C)CC(C)(C)Nc3ccc(Oc4ccc(C)cc4)cc3)cc2)cc1. The van der Waals surface area contributed by atoms with Gasteiger partial charge < -0.3 is 20.1 Å². The number of nitrogens with one attached hydrogen (secondary N) is 2. The summed E-state index contributed by atoms with van der Waals surface area (Å²) in [6, 6.07) is 32.5. The summed E-state index contributed by atoms with van der Waals surface area (Å²) < 4.78 is 11.9. The van der Waals surface area contributed by atoms with E-state index < -0.39 is 0 Å². The highest BCUT2D eigenvalue weighted by molar-refractivity contribution is 5.51. The molecule has 0 amide bonds. The standard InChI is InChI=1S/C33H38N2O2/c1-24-7-15-28(16-8-24)36-30-19-11-26(12-20-30)34-32(3,4)23-33(5,6)35-27-13-21-31(22-14-27)37-29-17-9-25(2)10-18-29/h7-22,34-35H,23H2,1-6H3. The van der Waals surface area contributed by atoms with Gasteiger partial charge in [-0.25, -0.2) is 0 Å². The Balaban J connectivity index is 1.31. The summed E-state index contributed by atoms with van der Waals surface area (Å²) in [7, 11) is 0. The van der Waals surface area contributed by atoms with Gasteiger partial charge in [-0.1, -0.05) is 35.4 Å². The van der Waals surface area contributed by atoms with Crippen LogP contribution in [-0.4, -0.2) is 11.1 Å². The summed E-state index contributed by atoms with van der Waals surface area (Å²) in [4.78, 5) is 0. The van der Waals surface area contributed by atoms with Gasteiger partial charge in [-0.15, -0.1) is 0 Å². The second kappa shape index (κ2) is 11.0. The average Bonchev–Trinajstić information content (AvgIpc) is 2.83. The molecule has 0 fully saturated rings. The van der Waals surface area contributed by atoms with Gasteiger partial charge >= 0.3 is 0 Å². The number of anilines is 2. The molecule has 192 valence electrons. The van der Waals surface area contributed by atoms with E-state index in [1.807, 2.05) is 48.5 Å². The number of ether oxygens (including phenoxy) is 2. The lowest BCUT2D eigenvalue weighted by Crippen LogP contribution is -2.43. The van der Waals surface area contributed by atoms with Crippen LogP contribution in [0, 0.1) is 13.8 Å². The Morgan fingerprint density at radius 3 is 1.03 bits per heavy atom. The minimum atomic E-state index is -0.135. The molecule has 0 aliphatic carbocycles. The van der Waals surface area contributed by atoms with Crippen LogP contribution in [0.15, 0.2) is 97.1 Å². The number of hydrogen-bond donors (Lipinski definition) is 2. The molecule has 4 aromatic carbocycles. The van der Waals surface area contributed by atoms with E-state index in [0.29, 0.717) is 0 Å². The highest BCUT2D eigenvalue weighted by Gasteiger charge is 2.28. The van der Waals surface area contributed by atoms with Crippen LogP contribution in [0.2, 0.25) is 0 Å². The summed E-state index contributed by atoms with van der Waals surface area (Å²) in [6.45, 7) is 13.1. The van der Waals surface area contributed by atoms with Gasteiger partial charge in [0.1, 0.15) is 23.0 Å². The van der Waals surface area contributed by atoms with Crippen LogP contribution in [0.1, 0.15) is 45.2 Å². The Morgan fingerprint density at radius 2 is 0.730 bits per heavy atom. The second-order valence-electron chi connectivity index (χ2n) is 11.1. The molecule has 0 aromatic heterocycles. The molecule has 0 aliphatic rings. The van der Waals surface area contributed by atoms with Gasteiger partial charge in [-0.3, -0.25) is 0 Å². The zero-order valence-electron chi connectivity index (χ0n) is 22.8. The van der Waals surface area contributed by atoms with E-state index in [2.05, 4.69) is 101 Å². The number of aryl methyl sites for hydroxylation is 2. The van der Waals surface area contributed by atoms with E-state index in [9.17, 15) is 0 Å². The van der Waals surface area contributed by atoms with Gasteiger partial charge in [0.15, 0.2) is 0 Å². The third-order valence-electron chi connectivity index (χ3n) is 6.07. The molecular weight excluding hydrogens is 456 g/mol. The van der Waals surface area contributed by atoms with Gasteiger partial charge in [-0.2, -0.15) is 0 Å². The third kappa shape index (κ3) is 8.04. The van der Waals surface area contributed by atoms with Crippen LogP contribution in [0.3, 0.4) is 0 Å². The molecule has 0 spiro atoms. The Bertz CT molecular complexity index is 1170. The Morgan fingerprint density at radius 1 is 0.459 bits per heavy atom. The summed E-state index contributed by atoms with van der Waals surface area (Å²) in [5, 5.41) is 7.37. The number of benzene rings is 4. The van der Waals surface area contributed by atoms with Crippen molar-refractivity contribution in [2.45, 2.75) is 59.0 Å². The van der Waals surface area contributed by atoms with E-state index in [4.69, 9.17) is 9.47 Å². The summed E-state index contributed by atoms with van der Waals surface area (Å²) in [6.07, 6.45) is 0.906.